The molecule has 1 heterocycles. The Kier molecular flexibility index (Phi) is 6.61. The van der Waals surface area contributed by atoms with Crippen LogP contribution < -0.4 is 20.8 Å². The van der Waals surface area contributed by atoms with Crippen LogP contribution in [0.15, 0.2) is 62.6 Å². The number of fused-ring (bicyclic) bond motifs is 1. The van der Waals surface area contributed by atoms with Crippen LogP contribution in [0.25, 0.3) is 11.0 Å². The van der Waals surface area contributed by atoms with E-state index in [-0.39, 0.29) is 10.6 Å². The van der Waals surface area contributed by atoms with Gasteiger partial charge in [0.25, 0.3) is 5.91 Å². The molecule has 2 aromatic carbocycles. The number of ether oxygens (including phenoxy) is 2. The normalized spacial score (nSPS) is 12.2. The maximum atomic E-state index is 12.2. The summed E-state index contributed by atoms with van der Waals surface area (Å²) in [5, 5.41) is 8.25. The molecule has 3 aromatic rings. The molecule has 0 bridgehead atoms. The van der Waals surface area contributed by atoms with E-state index in [9.17, 15) is 22.8 Å². The second kappa shape index (κ2) is 9.20. The lowest BCUT2D eigenvalue weighted by molar-refractivity contribution is -0.155. The standard InChI is InChI=1S/C21H20N2O8S/c1-12-9-19(24)31-18-10-15(5-8-17(12)18)29-11-20(25)30-13(2)21(26)23-14-3-6-16(7-4-14)32(22,27)28/h3-10,13H,11H2,1-2H3,(H,23,26)(H2,22,27,28). The predicted octanol–water partition coefficient (Wildman–Crippen LogP) is 1.70. The second-order valence-electron chi connectivity index (χ2n) is 6.89. The number of anilines is 1. The molecule has 168 valence electrons. The number of sulfonamides is 1. The SMILES string of the molecule is Cc1cc(=O)oc2cc(OCC(=O)OC(C)C(=O)Nc3ccc(S(N)(=O)=O)cc3)ccc12. The number of carbonyl (C=O) groups is 2. The van der Waals surface area contributed by atoms with Gasteiger partial charge in [0.05, 0.1) is 4.90 Å². The average molecular weight is 460 g/mol. The van der Waals surface area contributed by atoms with Crippen molar-refractivity contribution in [1.82, 2.24) is 0 Å². The first-order valence-corrected chi connectivity index (χ1v) is 10.9. The summed E-state index contributed by atoms with van der Waals surface area (Å²) in [4.78, 5) is 35.6. The molecule has 3 N–H and O–H groups in total. The number of nitrogens with one attached hydrogen (secondary N) is 1. The zero-order chi connectivity index (χ0) is 23.5. The van der Waals surface area contributed by atoms with Gasteiger partial charge in [-0.3, -0.25) is 4.79 Å². The molecular formula is C21H20N2O8S. The Balaban J connectivity index is 1.54. The summed E-state index contributed by atoms with van der Waals surface area (Å²) in [6.07, 6.45) is -1.14. The van der Waals surface area contributed by atoms with Gasteiger partial charge in [-0.2, -0.15) is 0 Å². The molecule has 0 aliphatic carbocycles. The molecule has 32 heavy (non-hydrogen) atoms. The molecule has 1 aromatic heterocycles. The van der Waals surface area contributed by atoms with E-state index >= 15 is 0 Å². The minimum Gasteiger partial charge on any atom is -0.482 e. The highest BCUT2D eigenvalue weighted by atomic mass is 32.2. The van der Waals surface area contributed by atoms with Gasteiger partial charge in [0, 0.05) is 23.2 Å². The highest BCUT2D eigenvalue weighted by Crippen LogP contribution is 2.22. The van der Waals surface area contributed by atoms with Gasteiger partial charge < -0.3 is 19.2 Å². The molecule has 1 atom stereocenters. The minimum atomic E-state index is -3.84. The van der Waals surface area contributed by atoms with E-state index in [2.05, 4.69) is 5.32 Å². The summed E-state index contributed by atoms with van der Waals surface area (Å²) >= 11 is 0. The highest BCUT2D eigenvalue weighted by Gasteiger charge is 2.19. The third kappa shape index (κ3) is 5.71. The van der Waals surface area contributed by atoms with Crippen molar-refractivity contribution in [3.63, 3.8) is 0 Å². The molecule has 0 aliphatic heterocycles. The first-order chi connectivity index (χ1) is 15.0. The van der Waals surface area contributed by atoms with Crippen LogP contribution >= 0.6 is 0 Å². The number of carbonyl (C=O) groups excluding carboxylic acids is 2. The quantitative estimate of drug-likeness (QED) is 0.399. The van der Waals surface area contributed by atoms with E-state index in [1.807, 2.05) is 0 Å². The maximum Gasteiger partial charge on any atom is 0.344 e. The van der Waals surface area contributed by atoms with Crippen molar-refractivity contribution in [2.24, 2.45) is 5.14 Å². The van der Waals surface area contributed by atoms with Crippen molar-refractivity contribution in [3.05, 3.63) is 64.5 Å². The first kappa shape index (κ1) is 23.0. The topological polar surface area (TPSA) is 155 Å². The lowest BCUT2D eigenvalue weighted by Crippen LogP contribution is -2.31. The number of aryl methyl sites for hydroxylation is 1. The summed E-state index contributed by atoms with van der Waals surface area (Å²) in [6.45, 7) is 2.68. The lowest BCUT2D eigenvalue weighted by Gasteiger charge is -2.14. The lowest BCUT2D eigenvalue weighted by atomic mass is 10.1. The first-order valence-electron chi connectivity index (χ1n) is 9.33. The molecule has 11 heteroatoms. The number of benzene rings is 2. The monoisotopic (exact) mass is 460 g/mol. The molecule has 0 spiro atoms. The molecular weight excluding hydrogens is 440 g/mol. The zero-order valence-electron chi connectivity index (χ0n) is 17.2. The Morgan fingerprint density at radius 2 is 1.81 bits per heavy atom. The van der Waals surface area contributed by atoms with Gasteiger partial charge in [0.2, 0.25) is 10.0 Å². The molecule has 10 nitrogen and oxygen atoms in total. The molecule has 0 saturated heterocycles. The summed E-state index contributed by atoms with van der Waals surface area (Å²) < 4.78 is 38.0. The fraction of sp³-hybridized carbons (Fsp3) is 0.190. The van der Waals surface area contributed by atoms with Crippen LogP contribution in [-0.4, -0.2) is 33.0 Å². The van der Waals surface area contributed by atoms with E-state index < -0.39 is 40.2 Å². The summed E-state index contributed by atoms with van der Waals surface area (Å²) in [5.41, 5.74) is 0.878. The summed E-state index contributed by atoms with van der Waals surface area (Å²) in [7, 11) is -3.84. The van der Waals surface area contributed by atoms with Gasteiger partial charge in [-0.25, -0.2) is 23.1 Å². The van der Waals surface area contributed by atoms with E-state index in [0.717, 1.165) is 10.9 Å². The number of rotatable bonds is 7. The van der Waals surface area contributed by atoms with Crippen LogP contribution in [0.4, 0.5) is 5.69 Å². The van der Waals surface area contributed by atoms with Crippen molar-refractivity contribution in [1.29, 1.82) is 0 Å². The largest absolute Gasteiger partial charge is 0.482 e. The van der Waals surface area contributed by atoms with Gasteiger partial charge in [-0.1, -0.05) is 0 Å². The van der Waals surface area contributed by atoms with Gasteiger partial charge in [-0.15, -0.1) is 0 Å². The third-order valence-electron chi connectivity index (χ3n) is 4.41. The number of amides is 1. The number of esters is 1. The Morgan fingerprint density at radius 3 is 2.47 bits per heavy atom. The van der Waals surface area contributed by atoms with Crippen LogP contribution in [0.2, 0.25) is 0 Å². The molecule has 1 unspecified atom stereocenters. The molecule has 3 rings (SSSR count). The number of hydrogen-bond acceptors (Lipinski definition) is 8. The maximum absolute atomic E-state index is 12.2. The number of primary sulfonamides is 1. The number of nitrogens with two attached hydrogens (primary N) is 1. The Bertz CT molecular complexity index is 1330. The van der Waals surface area contributed by atoms with Crippen LogP contribution in [-0.2, 0) is 24.3 Å². The average Bonchev–Trinajstić information content (AvgIpc) is 2.71. The van der Waals surface area contributed by atoms with Crippen LogP contribution in [0.1, 0.15) is 12.5 Å². The smallest absolute Gasteiger partial charge is 0.344 e. The predicted molar refractivity (Wildman–Crippen MR) is 115 cm³/mol. The summed E-state index contributed by atoms with van der Waals surface area (Å²) in [5.74, 6) is -1.12. The fourth-order valence-electron chi connectivity index (χ4n) is 2.79. The second-order valence-corrected chi connectivity index (χ2v) is 8.45. The Morgan fingerprint density at radius 1 is 1.12 bits per heavy atom. The summed E-state index contributed by atoms with van der Waals surface area (Å²) in [6, 6.07) is 11.4. The molecule has 0 saturated carbocycles. The van der Waals surface area contributed by atoms with Crippen molar-refractivity contribution in [3.8, 4) is 5.75 Å². The van der Waals surface area contributed by atoms with Gasteiger partial charge >= 0.3 is 11.6 Å². The molecule has 1 amide bonds. The van der Waals surface area contributed by atoms with E-state index in [1.54, 1.807) is 19.1 Å². The van der Waals surface area contributed by atoms with Crippen LogP contribution in [0.3, 0.4) is 0 Å². The van der Waals surface area contributed by atoms with E-state index in [1.165, 1.54) is 43.3 Å². The van der Waals surface area contributed by atoms with Gasteiger partial charge in [-0.05, 0) is 55.8 Å². The zero-order valence-corrected chi connectivity index (χ0v) is 18.0. The Hall–Kier alpha value is -3.70. The van der Waals surface area contributed by atoms with Crippen LogP contribution in [0, 0.1) is 6.92 Å². The molecule has 0 fully saturated rings. The van der Waals surface area contributed by atoms with Crippen molar-refractivity contribution in [2.45, 2.75) is 24.8 Å². The van der Waals surface area contributed by atoms with E-state index in [0.29, 0.717) is 11.3 Å². The molecule has 0 aliphatic rings. The van der Waals surface area contributed by atoms with Gasteiger partial charge in [0.1, 0.15) is 11.3 Å². The molecule has 0 radical (unpaired) electrons. The van der Waals surface area contributed by atoms with Crippen molar-refractivity contribution >= 4 is 38.6 Å². The third-order valence-corrected chi connectivity index (χ3v) is 5.34. The van der Waals surface area contributed by atoms with Crippen molar-refractivity contribution in [2.75, 3.05) is 11.9 Å². The Labute approximate surface area is 183 Å². The van der Waals surface area contributed by atoms with E-state index in [4.69, 9.17) is 19.0 Å². The van der Waals surface area contributed by atoms with Crippen LogP contribution in [0.5, 0.6) is 5.75 Å². The minimum absolute atomic E-state index is 0.102. The number of hydrogen-bond donors (Lipinski definition) is 2. The van der Waals surface area contributed by atoms with Gasteiger partial charge in [0.15, 0.2) is 12.7 Å². The fourth-order valence-corrected chi connectivity index (χ4v) is 3.31. The van der Waals surface area contributed by atoms with Crippen molar-refractivity contribution < 1.29 is 31.9 Å². The highest BCUT2D eigenvalue weighted by molar-refractivity contribution is 7.89.